The van der Waals surface area contributed by atoms with E-state index in [1.165, 1.54) is 11.0 Å². The van der Waals surface area contributed by atoms with E-state index >= 15 is 0 Å². The molecule has 0 unspecified atom stereocenters. The van der Waals surface area contributed by atoms with E-state index in [2.05, 4.69) is 0 Å². The highest BCUT2D eigenvalue weighted by Crippen LogP contribution is 2.25. The van der Waals surface area contributed by atoms with Crippen LogP contribution >= 0.6 is 0 Å². The molecule has 17 heavy (non-hydrogen) atoms. The van der Waals surface area contributed by atoms with Crippen molar-refractivity contribution in [3.05, 3.63) is 32.1 Å². The average Bonchev–Trinajstić information content (AvgIpc) is 2.36. The Balaban J connectivity index is 2.61. The molecule has 0 bridgehead atoms. The molecule has 1 aromatic rings. The highest BCUT2D eigenvalue weighted by Gasteiger charge is 2.21. The maximum Gasteiger partial charge on any atom is 0.331 e. The molecule has 1 fully saturated rings. The van der Waals surface area contributed by atoms with Crippen molar-refractivity contribution in [2.45, 2.75) is 52.0 Å². The first-order valence-electron chi connectivity index (χ1n) is 6.32. The first-order valence-corrected chi connectivity index (χ1v) is 6.32. The third-order valence-corrected chi connectivity index (χ3v) is 4.02. The van der Waals surface area contributed by atoms with E-state index in [9.17, 15) is 9.59 Å². The van der Waals surface area contributed by atoms with Crippen LogP contribution in [0.2, 0.25) is 0 Å². The molecule has 2 rings (SSSR count). The van der Waals surface area contributed by atoms with E-state index in [1.807, 2.05) is 6.92 Å². The summed E-state index contributed by atoms with van der Waals surface area (Å²) in [6, 6.07) is 0.106. The molecule has 0 saturated heterocycles. The van der Waals surface area contributed by atoms with Gasteiger partial charge in [0.05, 0.1) is 0 Å². The molecule has 1 aromatic heterocycles. The minimum atomic E-state index is -0.162. The number of rotatable bonds is 1. The van der Waals surface area contributed by atoms with Crippen LogP contribution in [-0.2, 0) is 7.05 Å². The number of hydrogen-bond donors (Lipinski definition) is 0. The lowest BCUT2D eigenvalue weighted by Gasteiger charge is -2.24. The second-order valence-corrected chi connectivity index (χ2v) is 5.02. The maximum atomic E-state index is 12.2. The fourth-order valence-electron chi connectivity index (χ4n) is 2.64. The van der Waals surface area contributed by atoms with Crippen molar-refractivity contribution in [2.24, 2.45) is 7.05 Å². The Bertz CT molecular complexity index is 496. The predicted octanol–water partition coefficient (Wildman–Crippen LogP) is 1.67. The van der Waals surface area contributed by atoms with E-state index in [-0.39, 0.29) is 17.3 Å². The van der Waals surface area contributed by atoms with Crippen LogP contribution in [0.15, 0.2) is 9.59 Å². The van der Waals surface area contributed by atoms with Gasteiger partial charge < -0.3 is 4.57 Å². The molecular weight excluding hydrogens is 216 g/mol. The second kappa shape index (κ2) is 4.51. The normalized spacial score (nSPS) is 17.4. The summed E-state index contributed by atoms with van der Waals surface area (Å²) in [6.07, 6.45) is 5.37. The first kappa shape index (κ1) is 12.1. The van der Waals surface area contributed by atoms with Crippen LogP contribution in [-0.4, -0.2) is 9.13 Å². The zero-order valence-corrected chi connectivity index (χ0v) is 10.8. The average molecular weight is 236 g/mol. The Morgan fingerprint density at radius 1 is 1.06 bits per heavy atom. The lowest BCUT2D eigenvalue weighted by molar-refractivity contribution is 0.329. The molecule has 1 aliphatic rings. The second-order valence-electron chi connectivity index (χ2n) is 5.02. The molecule has 4 heteroatoms. The lowest BCUT2D eigenvalue weighted by Crippen LogP contribution is -2.44. The summed E-state index contributed by atoms with van der Waals surface area (Å²) in [5, 5.41) is 0. The third kappa shape index (κ3) is 1.96. The van der Waals surface area contributed by atoms with Crippen LogP contribution < -0.4 is 11.2 Å². The summed E-state index contributed by atoms with van der Waals surface area (Å²) < 4.78 is 3.06. The van der Waals surface area contributed by atoms with Gasteiger partial charge in [-0.1, -0.05) is 19.3 Å². The summed E-state index contributed by atoms with van der Waals surface area (Å²) in [5.41, 5.74) is 1.20. The first-order chi connectivity index (χ1) is 8.04. The molecule has 0 spiro atoms. The molecule has 0 aromatic carbocycles. The monoisotopic (exact) mass is 236 g/mol. The van der Waals surface area contributed by atoms with Gasteiger partial charge in [0.2, 0.25) is 0 Å². The van der Waals surface area contributed by atoms with Crippen LogP contribution in [0.4, 0.5) is 0 Å². The van der Waals surface area contributed by atoms with Crippen LogP contribution in [0.5, 0.6) is 0 Å². The third-order valence-electron chi connectivity index (χ3n) is 4.02. The van der Waals surface area contributed by atoms with E-state index in [1.54, 1.807) is 18.5 Å². The van der Waals surface area contributed by atoms with E-state index in [0.717, 1.165) is 31.4 Å². The molecule has 1 saturated carbocycles. The highest BCUT2D eigenvalue weighted by atomic mass is 16.2. The SMILES string of the molecule is Cc1c(C)n(C)c(=O)n(C2CCCCC2)c1=O. The topological polar surface area (TPSA) is 44.0 Å². The van der Waals surface area contributed by atoms with Gasteiger partial charge in [-0.2, -0.15) is 0 Å². The van der Waals surface area contributed by atoms with Gasteiger partial charge in [-0.25, -0.2) is 4.79 Å². The Labute approximate surface area is 101 Å². The smallest absolute Gasteiger partial charge is 0.301 e. The molecule has 0 atom stereocenters. The zero-order valence-electron chi connectivity index (χ0n) is 10.8. The summed E-state index contributed by atoms with van der Waals surface area (Å²) in [6.45, 7) is 3.62. The van der Waals surface area contributed by atoms with Crippen molar-refractivity contribution in [2.75, 3.05) is 0 Å². The Morgan fingerprint density at radius 3 is 2.24 bits per heavy atom. The Hall–Kier alpha value is -1.32. The number of aromatic nitrogens is 2. The van der Waals surface area contributed by atoms with Crippen molar-refractivity contribution in [1.29, 1.82) is 0 Å². The minimum Gasteiger partial charge on any atom is -0.301 e. The van der Waals surface area contributed by atoms with E-state index < -0.39 is 0 Å². The molecular formula is C13H20N2O2. The molecule has 0 aliphatic heterocycles. The van der Waals surface area contributed by atoms with Gasteiger partial charge in [0.25, 0.3) is 5.56 Å². The van der Waals surface area contributed by atoms with Crippen LogP contribution in [0.3, 0.4) is 0 Å². The van der Waals surface area contributed by atoms with E-state index in [4.69, 9.17) is 0 Å². The van der Waals surface area contributed by atoms with Crippen molar-refractivity contribution >= 4 is 0 Å². The van der Waals surface area contributed by atoms with Gasteiger partial charge in [0, 0.05) is 24.3 Å². The maximum absolute atomic E-state index is 12.2. The van der Waals surface area contributed by atoms with Gasteiger partial charge in [-0.15, -0.1) is 0 Å². The summed E-state index contributed by atoms with van der Waals surface area (Å²) in [5.74, 6) is 0. The van der Waals surface area contributed by atoms with Crippen molar-refractivity contribution < 1.29 is 0 Å². The minimum absolute atomic E-state index is 0.0995. The zero-order chi connectivity index (χ0) is 12.6. The van der Waals surface area contributed by atoms with Gasteiger partial charge in [0.15, 0.2) is 0 Å². The number of hydrogen-bond acceptors (Lipinski definition) is 2. The largest absolute Gasteiger partial charge is 0.331 e. The lowest BCUT2D eigenvalue weighted by atomic mass is 9.95. The summed E-state index contributed by atoms with van der Waals surface area (Å²) in [4.78, 5) is 24.4. The van der Waals surface area contributed by atoms with Gasteiger partial charge >= 0.3 is 5.69 Å². The Kier molecular flexibility index (Phi) is 3.22. The molecule has 1 heterocycles. The van der Waals surface area contributed by atoms with Crippen LogP contribution in [0.1, 0.15) is 49.4 Å². The highest BCUT2D eigenvalue weighted by molar-refractivity contribution is 5.14. The summed E-state index contributed by atoms with van der Waals surface area (Å²) >= 11 is 0. The molecule has 94 valence electrons. The summed E-state index contributed by atoms with van der Waals surface area (Å²) in [7, 11) is 1.74. The van der Waals surface area contributed by atoms with Crippen molar-refractivity contribution in [3.8, 4) is 0 Å². The van der Waals surface area contributed by atoms with Crippen LogP contribution in [0.25, 0.3) is 0 Å². The van der Waals surface area contributed by atoms with Crippen molar-refractivity contribution in [3.63, 3.8) is 0 Å². The molecule has 1 aliphatic carbocycles. The molecule has 0 N–H and O–H groups in total. The van der Waals surface area contributed by atoms with Gasteiger partial charge in [-0.05, 0) is 26.7 Å². The number of nitrogens with zero attached hydrogens (tertiary/aromatic N) is 2. The van der Waals surface area contributed by atoms with E-state index in [0.29, 0.717) is 5.56 Å². The van der Waals surface area contributed by atoms with Crippen molar-refractivity contribution in [1.82, 2.24) is 9.13 Å². The predicted molar refractivity (Wildman–Crippen MR) is 67.5 cm³/mol. The quantitative estimate of drug-likeness (QED) is 0.744. The molecule has 0 radical (unpaired) electrons. The standard InChI is InChI=1S/C13H20N2O2/c1-9-10(2)14(3)13(17)15(12(9)16)11-7-5-4-6-8-11/h11H,4-8H2,1-3H3. The van der Waals surface area contributed by atoms with Gasteiger partial charge in [-0.3, -0.25) is 9.36 Å². The fraction of sp³-hybridized carbons (Fsp3) is 0.692. The Morgan fingerprint density at radius 2 is 1.65 bits per heavy atom. The molecule has 0 amide bonds. The molecule has 4 nitrogen and oxygen atoms in total. The fourth-order valence-corrected chi connectivity index (χ4v) is 2.64. The van der Waals surface area contributed by atoms with Gasteiger partial charge in [0.1, 0.15) is 0 Å². The van der Waals surface area contributed by atoms with Crippen LogP contribution in [0, 0.1) is 13.8 Å².